The van der Waals surface area contributed by atoms with Crippen molar-refractivity contribution in [1.82, 2.24) is 4.31 Å². The lowest BCUT2D eigenvalue weighted by atomic mass is 9.98. The summed E-state index contributed by atoms with van der Waals surface area (Å²) in [7, 11) is -3.77. The minimum absolute atomic E-state index is 0.0500. The van der Waals surface area contributed by atoms with Gasteiger partial charge in [0.15, 0.2) is 0 Å². The summed E-state index contributed by atoms with van der Waals surface area (Å²) in [5.74, 6) is -0.271. The van der Waals surface area contributed by atoms with Crippen molar-refractivity contribution >= 4 is 27.3 Å². The fourth-order valence-corrected chi connectivity index (χ4v) is 5.33. The number of benzene rings is 2. The molecule has 1 amide bonds. The normalized spacial score (nSPS) is 17.0. The Balaban J connectivity index is 1.76. The number of carbonyl (C=O) groups excluding carboxylic acids is 1. The molecule has 1 fully saturated rings. The average Bonchev–Trinajstić information content (AvgIpc) is 2.76. The first-order valence-corrected chi connectivity index (χ1v) is 11.9. The highest BCUT2D eigenvalue weighted by Gasteiger charge is 2.33. The Labute approximate surface area is 187 Å². The van der Waals surface area contributed by atoms with Crippen LogP contribution in [0.25, 0.3) is 0 Å². The van der Waals surface area contributed by atoms with E-state index in [0.29, 0.717) is 43.0 Å². The first-order chi connectivity index (χ1) is 15.1. The second-order valence-corrected chi connectivity index (χ2v) is 9.75. The van der Waals surface area contributed by atoms with Crippen LogP contribution in [0, 0.1) is 29.9 Å². The molecular weight excluding hydrogens is 434 g/mol. The molecule has 0 bridgehead atoms. The summed E-state index contributed by atoms with van der Waals surface area (Å²) in [5.41, 5.74) is 1.64. The number of aryl methyl sites for hydroxylation is 2. The molecule has 1 N–H and O–H groups in total. The molecule has 172 valence electrons. The predicted molar refractivity (Wildman–Crippen MR) is 120 cm³/mol. The van der Waals surface area contributed by atoms with E-state index in [9.17, 15) is 23.3 Å². The van der Waals surface area contributed by atoms with Crippen molar-refractivity contribution in [3.63, 3.8) is 0 Å². The van der Waals surface area contributed by atoms with Gasteiger partial charge in [-0.05, 0) is 62.9 Å². The van der Waals surface area contributed by atoms with Gasteiger partial charge in [0.25, 0.3) is 5.69 Å². The highest BCUT2D eigenvalue weighted by atomic mass is 32.2. The predicted octanol–water partition coefficient (Wildman–Crippen LogP) is 3.65. The minimum Gasteiger partial charge on any atom is -0.494 e. The number of ether oxygens (including phenoxy) is 1. The van der Waals surface area contributed by atoms with Crippen LogP contribution in [0.2, 0.25) is 0 Å². The van der Waals surface area contributed by atoms with E-state index < -0.39 is 20.9 Å². The molecule has 2 aromatic rings. The van der Waals surface area contributed by atoms with E-state index in [0.717, 1.165) is 5.56 Å². The zero-order valence-electron chi connectivity index (χ0n) is 18.3. The number of sulfonamides is 1. The largest absolute Gasteiger partial charge is 0.494 e. The quantitative estimate of drug-likeness (QED) is 0.497. The van der Waals surface area contributed by atoms with Gasteiger partial charge in [0.05, 0.1) is 28.0 Å². The third-order valence-electron chi connectivity index (χ3n) is 5.53. The van der Waals surface area contributed by atoms with Crippen LogP contribution >= 0.6 is 0 Å². The van der Waals surface area contributed by atoms with Crippen molar-refractivity contribution in [2.24, 2.45) is 5.92 Å². The highest BCUT2D eigenvalue weighted by Crippen LogP contribution is 2.29. The van der Waals surface area contributed by atoms with Crippen molar-refractivity contribution in [3.8, 4) is 5.75 Å². The maximum Gasteiger partial charge on any atom is 0.271 e. The Hall–Kier alpha value is -2.98. The summed E-state index contributed by atoms with van der Waals surface area (Å²) >= 11 is 0. The Kier molecular flexibility index (Phi) is 7.15. The van der Waals surface area contributed by atoms with Gasteiger partial charge in [-0.25, -0.2) is 8.42 Å². The first kappa shape index (κ1) is 23.7. The zero-order valence-corrected chi connectivity index (χ0v) is 19.1. The van der Waals surface area contributed by atoms with Gasteiger partial charge >= 0.3 is 0 Å². The molecule has 1 heterocycles. The maximum absolute atomic E-state index is 13.2. The van der Waals surface area contributed by atoms with Crippen LogP contribution in [0.3, 0.4) is 0 Å². The molecule has 10 heteroatoms. The molecule has 0 radical (unpaired) electrons. The molecule has 0 aliphatic carbocycles. The third kappa shape index (κ3) is 5.08. The van der Waals surface area contributed by atoms with Crippen LogP contribution in [0.15, 0.2) is 41.3 Å². The molecule has 0 spiro atoms. The number of non-ortho nitro benzene ring substituents is 1. The number of hydrogen-bond donors (Lipinski definition) is 1. The van der Waals surface area contributed by atoms with Gasteiger partial charge in [-0.1, -0.05) is 6.07 Å². The topological polar surface area (TPSA) is 119 Å². The van der Waals surface area contributed by atoms with Gasteiger partial charge in [-0.15, -0.1) is 0 Å². The molecule has 9 nitrogen and oxygen atoms in total. The van der Waals surface area contributed by atoms with Crippen LogP contribution < -0.4 is 10.1 Å². The van der Waals surface area contributed by atoms with Gasteiger partial charge < -0.3 is 10.1 Å². The number of amides is 1. The minimum atomic E-state index is -3.77. The van der Waals surface area contributed by atoms with Crippen LogP contribution in [-0.2, 0) is 14.8 Å². The first-order valence-electron chi connectivity index (χ1n) is 10.4. The van der Waals surface area contributed by atoms with Gasteiger partial charge in [0.1, 0.15) is 5.75 Å². The molecule has 0 saturated carbocycles. The molecule has 1 aliphatic rings. The van der Waals surface area contributed by atoms with Crippen LogP contribution in [0.4, 0.5) is 11.4 Å². The third-order valence-corrected chi connectivity index (χ3v) is 7.39. The second kappa shape index (κ2) is 9.66. The van der Waals surface area contributed by atoms with Gasteiger partial charge in [0.2, 0.25) is 15.9 Å². The van der Waals surface area contributed by atoms with E-state index >= 15 is 0 Å². The van der Waals surface area contributed by atoms with Crippen LogP contribution in [0.1, 0.15) is 30.9 Å². The summed E-state index contributed by atoms with van der Waals surface area (Å²) in [4.78, 5) is 23.5. The summed E-state index contributed by atoms with van der Waals surface area (Å²) < 4.78 is 33.2. The zero-order chi connectivity index (χ0) is 23.5. The standard InChI is InChI=1S/C22H27N3O6S/c1-4-31-21-10-9-19(12-16(21)3)32(29,30)24-11-5-6-17(14-24)22(26)23-20-13-18(25(27)28)8-7-15(20)2/h7-10,12-13,17H,4-6,11,14H2,1-3H3,(H,23,26)/t17-/m0/s1. The molecule has 32 heavy (non-hydrogen) atoms. The Morgan fingerprint density at radius 3 is 2.62 bits per heavy atom. The average molecular weight is 462 g/mol. The summed E-state index contributed by atoms with van der Waals surface area (Å²) in [6.45, 7) is 6.25. The number of carbonyl (C=O) groups is 1. The smallest absolute Gasteiger partial charge is 0.271 e. The SMILES string of the molecule is CCOc1ccc(S(=O)(=O)N2CCC[C@H](C(=O)Nc3cc([N+](=O)[O-])ccc3C)C2)cc1C. The number of hydrogen-bond acceptors (Lipinski definition) is 6. The van der Waals surface area contributed by atoms with Crippen LogP contribution in [-0.4, -0.2) is 43.2 Å². The number of nitro benzene ring substituents is 1. The summed E-state index contributed by atoms with van der Waals surface area (Å²) in [6.07, 6.45) is 1.08. The monoisotopic (exact) mass is 461 g/mol. The summed E-state index contributed by atoms with van der Waals surface area (Å²) in [6, 6.07) is 9.00. The second-order valence-electron chi connectivity index (χ2n) is 7.81. The molecule has 3 rings (SSSR count). The van der Waals surface area contributed by atoms with E-state index in [4.69, 9.17) is 4.74 Å². The van der Waals surface area contributed by atoms with Crippen molar-refractivity contribution < 1.29 is 22.9 Å². The van der Waals surface area contributed by atoms with Crippen molar-refractivity contribution in [2.45, 2.75) is 38.5 Å². The van der Waals surface area contributed by atoms with E-state index in [-0.39, 0.29) is 23.0 Å². The molecule has 0 aromatic heterocycles. The molecule has 0 unspecified atom stereocenters. The Morgan fingerprint density at radius 1 is 1.22 bits per heavy atom. The van der Waals surface area contributed by atoms with E-state index in [1.165, 1.54) is 22.5 Å². The molecule has 2 aromatic carbocycles. The number of nitrogens with zero attached hydrogens (tertiary/aromatic N) is 2. The lowest BCUT2D eigenvalue weighted by Crippen LogP contribution is -2.43. The number of rotatable bonds is 7. The molecular formula is C22H27N3O6S. The van der Waals surface area contributed by atoms with Crippen molar-refractivity contribution in [2.75, 3.05) is 25.0 Å². The fraction of sp³-hybridized carbons (Fsp3) is 0.409. The molecule has 1 atom stereocenters. The maximum atomic E-state index is 13.2. The van der Waals surface area contributed by atoms with E-state index in [1.54, 1.807) is 32.0 Å². The Bertz CT molecular complexity index is 1130. The highest BCUT2D eigenvalue weighted by molar-refractivity contribution is 7.89. The van der Waals surface area contributed by atoms with Crippen LogP contribution in [0.5, 0.6) is 5.75 Å². The molecule has 1 aliphatic heterocycles. The lowest BCUT2D eigenvalue weighted by molar-refractivity contribution is -0.384. The number of piperidine rings is 1. The van der Waals surface area contributed by atoms with Crippen molar-refractivity contribution in [3.05, 3.63) is 57.6 Å². The number of nitrogens with one attached hydrogen (secondary N) is 1. The van der Waals surface area contributed by atoms with E-state index in [1.807, 2.05) is 6.92 Å². The van der Waals surface area contributed by atoms with Gasteiger partial charge in [-0.2, -0.15) is 4.31 Å². The number of anilines is 1. The number of nitro groups is 1. The summed E-state index contributed by atoms with van der Waals surface area (Å²) in [5, 5.41) is 13.8. The lowest BCUT2D eigenvalue weighted by Gasteiger charge is -2.31. The van der Waals surface area contributed by atoms with E-state index in [2.05, 4.69) is 5.32 Å². The Morgan fingerprint density at radius 2 is 1.97 bits per heavy atom. The molecule has 1 saturated heterocycles. The fourth-order valence-electron chi connectivity index (χ4n) is 3.72. The van der Waals surface area contributed by atoms with Gasteiger partial charge in [-0.3, -0.25) is 14.9 Å². The van der Waals surface area contributed by atoms with Crippen molar-refractivity contribution in [1.29, 1.82) is 0 Å². The van der Waals surface area contributed by atoms with Gasteiger partial charge in [0, 0.05) is 25.2 Å².